The first kappa shape index (κ1) is 17.0. The molecule has 0 radical (unpaired) electrons. The zero-order valence-electron chi connectivity index (χ0n) is 11.9. The molecule has 0 amide bonds. The quantitative estimate of drug-likeness (QED) is 0.702. The molecule has 0 bridgehead atoms. The maximum absolute atomic E-state index is 11.9. The fourth-order valence-electron chi connectivity index (χ4n) is 1.63. The molecule has 0 unspecified atom stereocenters. The van der Waals surface area contributed by atoms with Crippen molar-refractivity contribution < 1.29 is 22.3 Å². The van der Waals surface area contributed by atoms with Gasteiger partial charge in [-0.2, -0.15) is 13.2 Å². The monoisotopic (exact) mass is 293 g/mol. The average molecular weight is 293 g/mol. The van der Waals surface area contributed by atoms with Gasteiger partial charge < -0.3 is 14.5 Å². The molecule has 1 heterocycles. The van der Waals surface area contributed by atoms with E-state index in [1.807, 2.05) is 6.07 Å². The second kappa shape index (κ2) is 8.32. The number of hydrogen-bond acceptors (Lipinski definition) is 3. The standard InChI is InChI=1S/C14H22F3NO2/c1-11(2)8-18-9-12-4-5-13(20-12)10-19-7-3-6-14(15,16)17/h4-5,11,18H,3,6-10H2,1-2H3. The molecular formula is C14H22F3NO2. The normalized spacial score (nSPS) is 12.3. The summed E-state index contributed by atoms with van der Waals surface area (Å²) in [5.41, 5.74) is 0. The van der Waals surface area contributed by atoms with E-state index in [4.69, 9.17) is 9.15 Å². The van der Waals surface area contributed by atoms with Gasteiger partial charge in [0.15, 0.2) is 0 Å². The van der Waals surface area contributed by atoms with Gasteiger partial charge >= 0.3 is 6.18 Å². The van der Waals surface area contributed by atoms with Gasteiger partial charge in [0.1, 0.15) is 18.1 Å². The van der Waals surface area contributed by atoms with Gasteiger partial charge in [0.25, 0.3) is 0 Å². The number of furan rings is 1. The molecule has 0 saturated carbocycles. The van der Waals surface area contributed by atoms with Gasteiger partial charge in [-0.15, -0.1) is 0 Å². The molecule has 1 aromatic rings. The number of alkyl halides is 3. The van der Waals surface area contributed by atoms with Crippen molar-refractivity contribution in [2.45, 2.75) is 46.0 Å². The van der Waals surface area contributed by atoms with Crippen LogP contribution >= 0.6 is 0 Å². The summed E-state index contributed by atoms with van der Waals surface area (Å²) in [5.74, 6) is 2.01. The third kappa shape index (κ3) is 8.22. The minimum Gasteiger partial charge on any atom is -0.462 e. The van der Waals surface area contributed by atoms with Gasteiger partial charge in [-0.05, 0) is 31.0 Å². The fourth-order valence-corrected chi connectivity index (χ4v) is 1.63. The predicted octanol–water partition coefficient (Wildman–Crippen LogP) is 3.88. The van der Waals surface area contributed by atoms with Crippen LogP contribution in [0.2, 0.25) is 0 Å². The van der Waals surface area contributed by atoms with Gasteiger partial charge in [-0.3, -0.25) is 0 Å². The maximum Gasteiger partial charge on any atom is 0.389 e. The summed E-state index contributed by atoms with van der Waals surface area (Å²) in [5, 5.41) is 3.25. The lowest BCUT2D eigenvalue weighted by atomic mass is 10.2. The van der Waals surface area contributed by atoms with E-state index in [0.29, 0.717) is 18.2 Å². The molecule has 20 heavy (non-hydrogen) atoms. The Bertz CT molecular complexity index is 375. The third-order valence-electron chi connectivity index (χ3n) is 2.56. The zero-order valence-corrected chi connectivity index (χ0v) is 11.9. The third-order valence-corrected chi connectivity index (χ3v) is 2.56. The molecule has 0 aromatic carbocycles. The van der Waals surface area contributed by atoms with Crippen LogP contribution in [-0.2, 0) is 17.9 Å². The van der Waals surface area contributed by atoms with Crippen LogP contribution in [-0.4, -0.2) is 19.3 Å². The van der Waals surface area contributed by atoms with Crippen molar-refractivity contribution in [3.05, 3.63) is 23.7 Å². The number of nitrogens with one attached hydrogen (secondary N) is 1. The van der Waals surface area contributed by atoms with E-state index in [1.54, 1.807) is 6.07 Å². The van der Waals surface area contributed by atoms with E-state index >= 15 is 0 Å². The van der Waals surface area contributed by atoms with E-state index in [0.717, 1.165) is 12.3 Å². The summed E-state index contributed by atoms with van der Waals surface area (Å²) in [6, 6.07) is 3.64. The van der Waals surface area contributed by atoms with Gasteiger partial charge in [-0.1, -0.05) is 13.8 Å². The first-order valence-electron chi connectivity index (χ1n) is 6.79. The molecular weight excluding hydrogens is 271 g/mol. The Balaban J connectivity index is 2.14. The molecule has 0 saturated heterocycles. The first-order chi connectivity index (χ1) is 9.37. The summed E-state index contributed by atoms with van der Waals surface area (Å²) in [7, 11) is 0. The summed E-state index contributed by atoms with van der Waals surface area (Å²) in [6.07, 6.45) is -4.94. The summed E-state index contributed by atoms with van der Waals surface area (Å²) >= 11 is 0. The Morgan fingerprint density at radius 2 is 1.95 bits per heavy atom. The molecule has 0 aliphatic carbocycles. The lowest BCUT2D eigenvalue weighted by Crippen LogP contribution is -2.18. The van der Waals surface area contributed by atoms with Crippen molar-refractivity contribution in [1.29, 1.82) is 0 Å². The lowest BCUT2D eigenvalue weighted by Gasteiger charge is -2.06. The number of hydrogen-bond donors (Lipinski definition) is 1. The van der Waals surface area contributed by atoms with Gasteiger partial charge in [0.05, 0.1) is 6.54 Å². The maximum atomic E-state index is 11.9. The predicted molar refractivity (Wildman–Crippen MR) is 70.2 cm³/mol. The Hall–Kier alpha value is -1.01. The molecule has 1 aromatic heterocycles. The minimum absolute atomic E-state index is 0.0208. The van der Waals surface area contributed by atoms with Crippen LogP contribution < -0.4 is 5.32 Å². The number of halogens is 3. The molecule has 116 valence electrons. The number of rotatable bonds is 9. The van der Waals surface area contributed by atoms with E-state index in [2.05, 4.69) is 19.2 Å². The van der Waals surface area contributed by atoms with E-state index in [-0.39, 0.29) is 19.6 Å². The molecule has 0 spiro atoms. The Kier molecular flexibility index (Phi) is 7.09. The van der Waals surface area contributed by atoms with Crippen LogP contribution in [0.25, 0.3) is 0 Å². The molecule has 1 rings (SSSR count). The molecule has 0 fully saturated rings. The Morgan fingerprint density at radius 3 is 2.60 bits per heavy atom. The highest BCUT2D eigenvalue weighted by Crippen LogP contribution is 2.21. The highest BCUT2D eigenvalue weighted by Gasteiger charge is 2.25. The molecule has 0 atom stereocenters. The first-order valence-corrected chi connectivity index (χ1v) is 6.79. The van der Waals surface area contributed by atoms with Gasteiger partial charge in [0.2, 0.25) is 0 Å². The van der Waals surface area contributed by atoms with E-state index < -0.39 is 12.6 Å². The average Bonchev–Trinajstić information content (AvgIpc) is 2.74. The minimum atomic E-state index is -4.11. The second-order valence-electron chi connectivity index (χ2n) is 5.16. The molecule has 3 nitrogen and oxygen atoms in total. The molecule has 0 aliphatic rings. The van der Waals surface area contributed by atoms with Crippen LogP contribution in [0.4, 0.5) is 13.2 Å². The Labute approximate surface area is 117 Å². The Morgan fingerprint density at radius 1 is 1.25 bits per heavy atom. The van der Waals surface area contributed by atoms with Crippen molar-refractivity contribution >= 4 is 0 Å². The topological polar surface area (TPSA) is 34.4 Å². The fraction of sp³-hybridized carbons (Fsp3) is 0.714. The second-order valence-corrected chi connectivity index (χ2v) is 5.16. The highest BCUT2D eigenvalue weighted by molar-refractivity contribution is 5.06. The van der Waals surface area contributed by atoms with Crippen molar-refractivity contribution in [2.75, 3.05) is 13.2 Å². The van der Waals surface area contributed by atoms with Crippen molar-refractivity contribution in [3.8, 4) is 0 Å². The smallest absolute Gasteiger partial charge is 0.389 e. The van der Waals surface area contributed by atoms with Crippen LogP contribution in [0, 0.1) is 5.92 Å². The van der Waals surface area contributed by atoms with Crippen LogP contribution in [0.15, 0.2) is 16.5 Å². The largest absolute Gasteiger partial charge is 0.462 e. The highest BCUT2D eigenvalue weighted by atomic mass is 19.4. The van der Waals surface area contributed by atoms with Crippen molar-refractivity contribution in [2.24, 2.45) is 5.92 Å². The summed E-state index contributed by atoms with van der Waals surface area (Å²) in [4.78, 5) is 0. The van der Waals surface area contributed by atoms with E-state index in [1.165, 1.54) is 0 Å². The van der Waals surface area contributed by atoms with Gasteiger partial charge in [0, 0.05) is 13.0 Å². The van der Waals surface area contributed by atoms with Crippen molar-refractivity contribution in [1.82, 2.24) is 5.32 Å². The molecule has 6 heteroatoms. The van der Waals surface area contributed by atoms with Gasteiger partial charge in [-0.25, -0.2) is 0 Å². The van der Waals surface area contributed by atoms with Crippen molar-refractivity contribution in [3.63, 3.8) is 0 Å². The zero-order chi connectivity index (χ0) is 15.0. The summed E-state index contributed by atoms with van der Waals surface area (Å²) < 4.78 is 46.4. The lowest BCUT2D eigenvalue weighted by molar-refractivity contribution is -0.138. The van der Waals surface area contributed by atoms with E-state index in [9.17, 15) is 13.2 Å². The molecule has 1 N–H and O–H groups in total. The number of ether oxygens (including phenoxy) is 1. The van der Waals surface area contributed by atoms with Crippen LogP contribution in [0.5, 0.6) is 0 Å². The SMILES string of the molecule is CC(C)CNCc1ccc(COCCCC(F)(F)F)o1. The van der Waals surface area contributed by atoms with Crippen LogP contribution in [0.3, 0.4) is 0 Å². The van der Waals surface area contributed by atoms with Crippen LogP contribution in [0.1, 0.15) is 38.2 Å². The molecule has 0 aliphatic heterocycles. The summed E-state index contributed by atoms with van der Waals surface area (Å²) in [6.45, 7) is 6.09.